The van der Waals surface area contributed by atoms with Gasteiger partial charge in [-0.1, -0.05) is 13.0 Å². The van der Waals surface area contributed by atoms with E-state index >= 15 is 0 Å². The molecular weight excluding hydrogens is 395 g/mol. The Bertz CT molecular complexity index is 596. The molecule has 4 nitrogen and oxygen atoms in total. The summed E-state index contributed by atoms with van der Waals surface area (Å²) in [5, 5.41) is 6.19. The normalized spacial score (nSPS) is 12.6. The van der Waals surface area contributed by atoms with Gasteiger partial charge in [0, 0.05) is 23.2 Å². The Balaban J connectivity index is 0.00000220. The molecule has 1 atom stereocenters. The fourth-order valence-electron chi connectivity index (χ4n) is 1.80. The number of nitrogens with zero attached hydrogens (tertiary/aromatic N) is 2. The van der Waals surface area contributed by atoms with Gasteiger partial charge >= 0.3 is 0 Å². The van der Waals surface area contributed by atoms with Crippen LogP contribution in [-0.2, 0) is 0 Å². The Labute approximate surface area is 146 Å². The van der Waals surface area contributed by atoms with Crippen LogP contribution in [0, 0.1) is 13.8 Å². The highest BCUT2D eigenvalue weighted by molar-refractivity contribution is 14.0. The van der Waals surface area contributed by atoms with E-state index in [0.29, 0.717) is 12.5 Å². The van der Waals surface area contributed by atoms with E-state index in [-0.39, 0.29) is 29.9 Å². The van der Waals surface area contributed by atoms with Crippen molar-refractivity contribution in [3.05, 3.63) is 45.9 Å². The first kappa shape index (κ1) is 17.9. The second kappa shape index (κ2) is 8.33. The zero-order chi connectivity index (χ0) is 14.5. The zero-order valence-electron chi connectivity index (χ0n) is 12.5. The number of aromatic nitrogens is 1. The first-order valence-corrected chi connectivity index (χ1v) is 7.48. The summed E-state index contributed by atoms with van der Waals surface area (Å²) in [7, 11) is 0. The van der Waals surface area contributed by atoms with Gasteiger partial charge in [0.15, 0.2) is 5.96 Å². The van der Waals surface area contributed by atoms with Gasteiger partial charge in [0.05, 0.1) is 11.6 Å². The average Bonchev–Trinajstić information content (AvgIpc) is 2.94. The van der Waals surface area contributed by atoms with Gasteiger partial charge in [0.1, 0.15) is 0 Å². The monoisotopic (exact) mass is 416 g/mol. The predicted molar refractivity (Wildman–Crippen MR) is 102 cm³/mol. The second-order valence-electron chi connectivity index (χ2n) is 4.92. The van der Waals surface area contributed by atoms with Crippen molar-refractivity contribution < 1.29 is 0 Å². The molecule has 1 aromatic carbocycles. The van der Waals surface area contributed by atoms with Crippen LogP contribution in [-0.4, -0.2) is 17.5 Å². The summed E-state index contributed by atoms with van der Waals surface area (Å²) in [5.41, 5.74) is 9.39. The topological polar surface area (TPSA) is 63.3 Å². The fourth-order valence-corrected chi connectivity index (χ4v) is 2.49. The lowest BCUT2D eigenvalue weighted by atomic mass is 10.1. The second-order valence-corrected chi connectivity index (χ2v) is 5.85. The van der Waals surface area contributed by atoms with Gasteiger partial charge in [0.25, 0.3) is 0 Å². The average molecular weight is 416 g/mol. The van der Waals surface area contributed by atoms with Crippen molar-refractivity contribution in [3.63, 3.8) is 0 Å². The first-order valence-electron chi connectivity index (χ1n) is 6.60. The molecule has 2 aromatic rings. The maximum atomic E-state index is 5.92. The number of aryl methyl sites for hydroxylation is 2. The van der Waals surface area contributed by atoms with Crippen LogP contribution in [0.15, 0.2) is 34.8 Å². The van der Waals surface area contributed by atoms with Crippen molar-refractivity contribution in [2.24, 2.45) is 10.7 Å². The number of aliphatic imine (C=N–C) groups is 1. The van der Waals surface area contributed by atoms with Crippen molar-refractivity contribution in [1.82, 2.24) is 4.98 Å². The summed E-state index contributed by atoms with van der Waals surface area (Å²) < 4.78 is 0. The lowest BCUT2D eigenvalue weighted by Crippen LogP contribution is -2.23. The van der Waals surface area contributed by atoms with Crippen molar-refractivity contribution >= 4 is 47.0 Å². The zero-order valence-corrected chi connectivity index (χ0v) is 15.6. The maximum Gasteiger partial charge on any atom is 0.193 e. The van der Waals surface area contributed by atoms with Gasteiger partial charge < -0.3 is 11.1 Å². The summed E-state index contributed by atoms with van der Waals surface area (Å²) in [4.78, 5) is 8.66. The molecule has 0 saturated heterocycles. The third-order valence-corrected chi connectivity index (χ3v) is 4.19. The molecule has 114 valence electrons. The van der Waals surface area contributed by atoms with E-state index in [0.717, 1.165) is 10.7 Å². The van der Waals surface area contributed by atoms with E-state index in [1.54, 1.807) is 11.3 Å². The lowest BCUT2D eigenvalue weighted by Gasteiger charge is -2.09. The molecule has 1 unspecified atom stereocenters. The Hall–Kier alpha value is -1.15. The molecule has 21 heavy (non-hydrogen) atoms. The van der Waals surface area contributed by atoms with E-state index in [4.69, 9.17) is 5.73 Å². The Kier molecular flexibility index (Phi) is 7.10. The highest BCUT2D eigenvalue weighted by atomic mass is 127. The molecule has 3 N–H and O–H groups in total. The van der Waals surface area contributed by atoms with Crippen molar-refractivity contribution in [1.29, 1.82) is 0 Å². The quantitative estimate of drug-likeness (QED) is 0.451. The van der Waals surface area contributed by atoms with Crippen LogP contribution >= 0.6 is 35.3 Å². The van der Waals surface area contributed by atoms with Gasteiger partial charge in [0.2, 0.25) is 0 Å². The summed E-state index contributed by atoms with van der Waals surface area (Å²) in [6, 6.07) is 6.15. The van der Waals surface area contributed by atoms with Gasteiger partial charge in [-0.3, -0.25) is 4.99 Å². The van der Waals surface area contributed by atoms with Gasteiger partial charge in [-0.2, -0.15) is 0 Å². The number of guanidine groups is 1. The molecule has 0 spiro atoms. The third-order valence-electron chi connectivity index (χ3n) is 3.19. The number of thiazole rings is 1. The molecule has 6 heteroatoms. The summed E-state index contributed by atoms with van der Waals surface area (Å²) in [6.45, 7) is 6.91. The lowest BCUT2D eigenvalue weighted by molar-refractivity contribution is 0.766. The van der Waals surface area contributed by atoms with Crippen molar-refractivity contribution in [3.8, 4) is 0 Å². The largest absolute Gasteiger partial charge is 0.370 e. The molecule has 1 heterocycles. The molecule has 0 radical (unpaired) electrons. The molecule has 0 saturated carbocycles. The molecule has 0 amide bonds. The van der Waals surface area contributed by atoms with Crippen LogP contribution in [0.1, 0.15) is 29.0 Å². The van der Waals surface area contributed by atoms with E-state index in [1.807, 2.05) is 17.6 Å². The number of anilines is 1. The Morgan fingerprint density at radius 2 is 2.14 bits per heavy atom. The van der Waals surface area contributed by atoms with Crippen molar-refractivity contribution in [2.75, 3.05) is 11.9 Å². The van der Waals surface area contributed by atoms with E-state index in [1.165, 1.54) is 11.1 Å². The molecule has 0 aliphatic heterocycles. The first-order chi connectivity index (χ1) is 9.56. The van der Waals surface area contributed by atoms with Crippen LogP contribution < -0.4 is 11.1 Å². The summed E-state index contributed by atoms with van der Waals surface area (Å²) >= 11 is 1.65. The SMILES string of the molecule is Cc1ccc(NC(N)=NCC(C)c2nccs2)cc1C.I. The van der Waals surface area contributed by atoms with Crippen LogP contribution in [0.5, 0.6) is 0 Å². The van der Waals surface area contributed by atoms with E-state index in [2.05, 4.69) is 48.2 Å². The summed E-state index contributed by atoms with van der Waals surface area (Å²) in [6.07, 6.45) is 1.82. The number of hydrogen-bond acceptors (Lipinski definition) is 3. The minimum absolute atomic E-state index is 0. The number of benzene rings is 1. The minimum atomic E-state index is 0. The number of rotatable bonds is 4. The van der Waals surface area contributed by atoms with Crippen LogP contribution in [0.2, 0.25) is 0 Å². The summed E-state index contributed by atoms with van der Waals surface area (Å²) in [5.74, 6) is 0.728. The predicted octanol–water partition coefficient (Wildman–Crippen LogP) is 3.91. The number of hydrogen-bond donors (Lipinski definition) is 2. The van der Waals surface area contributed by atoms with Gasteiger partial charge in [-0.05, 0) is 37.1 Å². The standard InChI is InChI=1S/C15H20N4S.HI/c1-10-4-5-13(8-11(10)2)19-15(16)18-9-12(3)14-17-6-7-20-14;/h4-8,12H,9H2,1-3H3,(H3,16,18,19);1H. The van der Waals surface area contributed by atoms with Gasteiger partial charge in [-0.15, -0.1) is 35.3 Å². The molecule has 0 aliphatic carbocycles. The highest BCUT2D eigenvalue weighted by Crippen LogP contribution is 2.18. The molecule has 1 aromatic heterocycles. The van der Waals surface area contributed by atoms with Crippen molar-refractivity contribution in [2.45, 2.75) is 26.7 Å². The number of halogens is 1. The molecule has 0 bridgehead atoms. The highest BCUT2D eigenvalue weighted by Gasteiger charge is 2.07. The number of nitrogens with one attached hydrogen (secondary N) is 1. The maximum absolute atomic E-state index is 5.92. The Morgan fingerprint density at radius 1 is 1.38 bits per heavy atom. The third kappa shape index (κ3) is 5.28. The minimum Gasteiger partial charge on any atom is -0.370 e. The van der Waals surface area contributed by atoms with Crippen LogP contribution in [0.3, 0.4) is 0 Å². The Morgan fingerprint density at radius 3 is 2.76 bits per heavy atom. The smallest absolute Gasteiger partial charge is 0.193 e. The van der Waals surface area contributed by atoms with E-state index in [9.17, 15) is 0 Å². The van der Waals surface area contributed by atoms with Crippen LogP contribution in [0.25, 0.3) is 0 Å². The molecule has 0 aliphatic rings. The van der Waals surface area contributed by atoms with Gasteiger partial charge in [-0.25, -0.2) is 4.98 Å². The van der Waals surface area contributed by atoms with Crippen LogP contribution in [0.4, 0.5) is 5.69 Å². The fraction of sp³-hybridized carbons (Fsp3) is 0.333. The molecule has 0 fully saturated rings. The molecule has 2 rings (SSSR count). The number of nitrogens with two attached hydrogens (primary N) is 1. The van der Waals surface area contributed by atoms with E-state index < -0.39 is 0 Å². The molecular formula is C15H21IN4S.